The fourth-order valence-corrected chi connectivity index (χ4v) is 4.94. The fraction of sp³-hybridized carbons (Fsp3) is 0.423. The molecule has 0 bridgehead atoms. The molecule has 29 heavy (non-hydrogen) atoms. The van der Waals surface area contributed by atoms with E-state index < -0.39 is 0 Å². The third-order valence-corrected chi connectivity index (χ3v) is 6.73. The minimum absolute atomic E-state index is 0.555. The van der Waals surface area contributed by atoms with Gasteiger partial charge in [-0.3, -0.25) is 0 Å². The summed E-state index contributed by atoms with van der Waals surface area (Å²) in [5, 5.41) is 2.93. The van der Waals surface area contributed by atoms with Crippen molar-refractivity contribution >= 4 is 34.7 Å². The van der Waals surface area contributed by atoms with E-state index in [2.05, 4.69) is 58.5 Å². The van der Waals surface area contributed by atoms with E-state index in [0.29, 0.717) is 10.7 Å². The van der Waals surface area contributed by atoms with Crippen LogP contribution in [0.2, 0.25) is 5.02 Å². The summed E-state index contributed by atoms with van der Waals surface area (Å²) in [6.07, 6.45) is 9.97. The molecule has 4 rings (SSSR count). The van der Waals surface area contributed by atoms with E-state index in [4.69, 9.17) is 11.6 Å². The molecule has 0 radical (unpaired) electrons. The highest BCUT2D eigenvalue weighted by Crippen LogP contribution is 2.43. The molecule has 2 aromatic carbocycles. The molecule has 3 heteroatoms. The molecular formula is C26H26ClNS. The van der Waals surface area contributed by atoms with Crippen LogP contribution >= 0.6 is 23.8 Å². The average Bonchev–Trinajstić information content (AvgIpc) is 3.54. The summed E-state index contributed by atoms with van der Waals surface area (Å²) in [5.41, 5.74) is 5.01. The zero-order chi connectivity index (χ0) is 20.2. The summed E-state index contributed by atoms with van der Waals surface area (Å²) >= 11 is 11.0. The summed E-state index contributed by atoms with van der Waals surface area (Å²) in [6, 6.07) is 12.7. The van der Waals surface area contributed by atoms with E-state index in [0.717, 1.165) is 34.4 Å². The normalized spacial score (nSPS) is 21.0. The maximum Gasteiger partial charge on any atom is 0.0955 e. The molecular weight excluding hydrogens is 394 g/mol. The van der Waals surface area contributed by atoms with Gasteiger partial charge in [0.1, 0.15) is 0 Å². The van der Waals surface area contributed by atoms with Gasteiger partial charge in [0.2, 0.25) is 0 Å². The van der Waals surface area contributed by atoms with Crippen molar-refractivity contribution in [2.75, 3.05) is 0 Å². The van der Waals surface area contributed by atoms with Crippen LogP contribution < -0.4 is 0 Å². The second kappa shape index (κ2) is 9.27. The highest BCUT2D eigenvalue weighted by atomic mass is 35.5. The van der Waals surface area contributed by atoms with Crippen molar-refractivity contribution < 1.29 is 0 Å². The number of halogens is 1. The topological polar surface area (TPSA) is 12.4 Å². The van der Waals surface area contributed by atoms with Gasteiger partial charge in [0.05, 0.1) is 15.9 Å². The lowest BCUT2D eigenvalue weighted by atomic mass is 9.77. The molecule has 148 valence electrons. The standard InChI is InChI=1S/C26H26ClNS/c1-18-14-22(16-25(27)26(18)28-17-29)5-2-19-6-10-23(11-7-19)24-12-8-21(9-13-24)15-20-3-4-20/h6-7,10-11,14,16,20-21,24H,3-4,8-9,12-13,15H2,1H3. The van der Waals surface area contributed by atoms with Gasteiger partial charge in [-0.15, -0.1) is 0 Å². The van der Waals surface area contributed by atoms with Crippen molar-refractivity contribution in [2.45, 2.75) is 57.8 Å². The highest BCUT2D eigenvalue weighted by Gasteiger charge is 2.28. The molecule has 2 saturated carbocycles. The molecule has 2 aliphatic rings. The van der Waals surface area contributed by atoms with Crippen molar-refractivity contribution in [2.24, 2.45) is 16.8 Å². The molecule has 0 amide bonds. The summed E-state index contributed by atoms with van der Waals surface area (Å²) in [4.78, 5) is 4.03. The molecule has 1 nitrogen and oxygen atoms in total. The molecule has 2 fully saturated rings. The molecule has 2 aliphatic carbocycles. The van der Waals surface area contributed by atoms with Gasteiger partial charge < -0.3 is 0 Å². The second-order valence-corrected chi connectivity index (χ2v) is 9.19. The molecule has 0 saturated heterocycles. The summed E-state index contributed by atoms with van der Waals surface area (Å²) in [6.45, 7) is 1.96. The fourth-order valence-electron chi connectivity index (χ4n) is 4.54. The number of rotatable bonds is 4. The first kappa shape index (κ1) is 20.4. The average molecular weight is 420 g/mol. The van der Waals surface area contributed by atoms with Gasteiger partial charge in [0.15, 0.2) is 0 Å². The maximum absolute atomic E-state index is 6.30. The van der Waals surface area contributed by atoms with Crippen molar-refractivity contribution in [1.82, 2.24) is 0 Å². The van der Waals surface area contributed by atoms with E-state index in [9.17, 15) is 0 Å². The van der Waals surface area contributed by atoms with Crippen molar-refractivity contribution in [1.29, 1.82) is 0 Å². The van der Waals surface area contributed by atoms with Crippen LogP contribution in [0.25, 0.3) is 0 Å². The van der Waals surface area contributed by atoms with E-state index in [1.165, 1.54) is 50.5 Å². The number of nitrogens with zero attached hydrogens (tertiary/aromatic N) is 1. The minimum atomic E-state index is 0.555. The van der Waals surface area contributed by atoms with Crippen molar-refractivity contribution in [3.05, 3.63) is 63.7 Å². The second-order valence-electron chi connectivity index (χ2n) is 8.60. The smallest absolute Gasteiger partial charge is 0.0955 e. The Morgan fingerprint density at radius 3 is 2.14 bits per heavy atom. The lowest BCUT2D eigenvalue weighted by molar-refractivity contribution is 0.299. The maximum atomic E-state index is 6.30. The van der Waals surface area contributed by atoms with Gasteiger partial charge in [0, 0.05) is 11.1 Å². The van der Waals surface area contributed by atoms with Gasteiger partial charge in [-0.05, 0) is 104 Å². The van der Waals surface area contributed by atoms with Gasteiger partial charge in [-0.1, -0.05) is 48.4 Å². The van der Waals surface area contributed by atoms with Crippen LogP contribution in [0.4, 0.5) is 5.69 Å². The van der Waals surface area contributed by atoms with E-state index >= 15 is 0 Å². The number of hydrogen-bond acceptors (Lipinski definition) is 2. The monoisotopic (exact) mass is 419 g/mol. The lowest BCUT2D eigenvalue weighted by Crippen LogP contribution is -2.13. The predicted octanol–water partition coefficient (Wildman–Crippen LogP) is 7.86. The summed E-state index contributed by atoms with van der Waals surface area (Å²) < 4.78 is 0. The Hall–Kier alpha value is -1.91. The summed E-state index contributed by atoms with van der Waals surface area (Å²) in [5.74, 6) is 9.25. The Morgan fingerprint density at radius 1 is 0.931 bits per heavy atom. The van der Waals surface area contributed by atoms with Gasteiger partial charge in [0.25, 0.3) is 0 Å². The van der Waals surface area contributed by atoms with Crippen molar-refractivity contribution in [3.63, 3.8) is 0 Å². The number of hydrogen-bond donors (Lipinski definition) is 0. The minimum Gasteiger partial charge on any atom is -0.193 e. The highest BCUT2D eigenvalue weighted by molar-refractivity contribution is 7.78. The third-order valence-electron chi connectivity index (χ3n) is 6.36. The quantitative estimate of drug-likeness (QED) is 0.279. The molecule has 0 heterocycles. The Balaban J connectivity index is 1.40. The molecule has 2 aromatic rings. The molecule has 0 spiro atoms. The van der Waals surface area contributed by atoms with Crippen LogP contribution in [0.1, 0.15) is 73.1 Å². The number of aliphatic imine (C=N–C) groups is 1. The lowest BCUT2D eigenvalue weighted by Gasteiger charge is -2.28. The SMILES string of the molecule is Cc1cc(C#Cc2ccc(C3CCC(CC4CC4)CC3)cc2)cc(Cl)c1N=C=S. The molecule has 0 aromatic heterocycles. The molecule has 0 aliphatic heterocycles. The number of thiocarbonyl (C=S) groups is 1. The van der Waals surface area contributed by atoms with Crippen LogP contribution in [0, 0.1) is 30.6 Å². The van der Waals surface area contributed by atoms with Gasteiger partial charge >= 0.3 is 0 Å². The first-order valence-electron chi connectivity index (χ1n) is 10.6. The first-order chi connectivity index (χ1) is 14.1. The van der Waals surface area contributed by atoms with Crippen LogP contribution in [-0.4, -0.2) is 5.16 Å². The predicted molar refractivity (Wildman–Crippen MR) is 125 cm³/mol. The largest absolute Gasteiger partial charge is 0.193 e. The van der Waals surface area contributed by atoms with Crippen LogP contribution in [0.15, 0.2) is 41.4 Å². The number of aryl methyl sites for hydroxylation is 1. The summed E-state index contributed by atoms with van der Waals surface area (Å²) in [7, 11) is 0. The molecule has 0 unspecified atom stereocenters. The van der Waals surface area contributed by atoms with Gasteiger partial charge in [-0.25, -0.2) is 0 Å². The number of isothiocyanates is 1. The van der Waals surface area contributed by atoms with Crippen LogP contribution in [0.3, 0.4) is 0 Å². The third kappa shape index (κ3) is 5.37. The van der Waals surface area contributed by atoms with Crippen LogP contribution in [-0.2, 0) is 0 Å². The molecule has 0 N–H and O–H groups in total. The van der Waals surface area contributed by atoms with E-state index in [-0.39, 0.29) is 0 Å². The zero-order valence-electron chi connectivity index (χ0n) is 16.9. The number of benzene rings is 2. The van der Waals surface area contributed by atoms with Crippen molar-refractivity contribution in [3.8, 4) is 11.8 Å². The van der Waals surface area contributed by atoms with Gasteiger partial charge in [-0.2, -0.15) is 4.99 Å². The van der Waals surface area contributed by atoms with Crippen LogP contribution in [0.5, 0.6) is 0 Å². The Bertz CT molecular complexity index is 957. The molecule has 0 atom stereocenters. The Kier molecular flexibility index (Phi) is 6.51. The van der Waals surface area contributed by atoms with E-state index in [1.807, 2.05) is 19.1 Å². The zero-order valence-corrected chi connectivity index (χ0v) is 18.5. The Labute approximate surface area is 184 Å². The van der Waals surface area contributed by atoms with E-state index in [1.54, 1.807) is 0 Å². The first-order valence-corrected chi connectivity index (χ1v) is 11.4. The Morgan fingerprint density at radius 2 is 1.55 bits per heavy atom.